The van der Waals surface area contributed by atoms with Crippen LogP contribution in [0.25, 0.3) is 0 Å². The topological polar surface area (TPSA) is 71.3 Å². The summed E-state index contributed by atoms with van der Waals surface area (Å²) in [6.07, 6.45) is -2.31. The van der Waals surface area contributed by atoms with Gasteiger partial charge in [0.1, 0.15) is 5.54 Å². The number of hydrogen-bond acceptors (Lipinski definition) is 5. The molecule has 0 unspecified atom stereocenters. The van der Waals surface area contributed by atoms with E-state index in [0.29, 0.717) is 24.6 Å². The van der Waals surface area contributed by atoms with Gasteiger partial charge < -0.3 is 14.7 Å². The summed E-state index contributed by atoms with van der Waals surface area (Å²) in [7, 11) is 1.59. The molecule has 2 heterocycles. The summed E-state index contributed by atoms with van der Waals surface area (Å²) in [5.74, 6) is -2.61. The minimum atomic E-state index is -4.39. The van der Waals surface area contributed by atoms with Gasteiger partial charge in [0.05, 0.1) is 11.8 Å². The fraction of sp³-hybridized carbons (Fsp3) is 0.786. The molecule has 2 fully saturated rings. The molecule has 1 saturated carbocycles. The third-order valence-electron chi connectivity index (χ3n) is 4.78. The van der Waals surface area contributed by atoms with E-state index >= 15 is 0 Å². The molecule has 128 valence electrons. The highest BCUT2D eigenvalue weighted by molar-refractivity contribution is 5.80. The van der Waals surface area contributed by atoms with Crippen LogP contribution < -0.4 is 5.32 Å². The van der Waals surface area contributed by atoms with Crippen LogP contribution in [0.4, 0.5) is 13.2 Å². The van der Waals surface area contributed by atoms with Gasteiger partial charge >= 0.3 is 6.18 Å². The third-order valence-corrected chi connectivity index (χ3v) is 4.78. The zero-order valence-corrected chi connectivity index (χ0v) is 13.0. The zero-order valence-electron chi connectivity index (χ0n) is 13.0. The fourth-order valence-corrected chi connectivity index (χ4v) is 3.35. The molecule has 2 atom stereocenters. The normalized spacial score (nSPS) is 27.7. The number of aryl methyl sites for hydroxylation is 1. The Bertz CT molecular complexity index is 597. The fourth-order valence-electron chi connectivity index (χ4n) is 3.35. The highest BCUT2D eigenvalue weighted by atomic mass is 19.4. The average Bonchev–Trinajstić information content (AvgIpc) is 2.99. The maximum absolute atomic E-state index is 13.2. The average molecular weight is 332 g/mol. The number of alkyl halides is 3. The van der Waals surface area contributed by atoms with Crippen molar-refractivity contribution >= 4 is 5.91 Å². The van der Waals surface area contributed by atoms with Gasteiger partial charge in [0.2, 0.25) is 11.8 Å². The summed E-state index contributed by atoms with van der Waals surface area (Å²) < 4.78 is 44.4. The van der Waals surface area contributed by atoms with Gasteiger partial charge in [-0.3, -0.25) is 4.79 Å². The van der Waals surface area contributed by atoms with Gasteiger partial charge in [-0.15, -0.1) is 0 Å². The quantitative estimate of drug-likeness (QED) is 0.911. The van der Waals surface area contributed by atoms with Crippen LogP contribution in [0.3, 0.4) is 0 Å². The van der Waals surface area contributed by atoms with E-state index in [9.17, 15) is 18.0 Å². The van der Waals surface area contributed by atoms with E-state index in [1.807, 2.05) is 0 Å². The van der Waals surface area contributed by atoms with E-state index in [0.717, 1.165) is 6.42 Å². The van der Waals surface area contributed by atoms with Crippen molar-refractivity contribution in [2.75, 3.05) is 20.1 Å². The molecule has 1 aromatic rings. The Kier molecular flexibility index (Phi) is 3.86. The number of rotatable bonds is 3. The molecule has 2 aliphatic rings. The van der Waals surface area contributed by atoms with Crippen molar-refractivity contribution in [2.45, 2.75) is 37.9 Å². The number of likely N-dealkylation sites (tertiary alicyclic amines) is 1. The number of hydrogen-bond donors (Lipinski definition) is 1. The summed E-state index contributed by atoms with van der Waals surface area (Å²) in [5, 5.41) is 6.61. The summed E-state index contributed by atoms with van der Waals surface area (Å²) >= 11 is 0. The van der Waals surface area contributed by atoms with Crippen molar-refractivity contribution in [1.82, 2.24) is 20.4 Å². The molecule has 1 amide bonds. The first kappa shape index (κ1) is 16.2. The Morgan fingerprint density at radius 1 is 1.39 bits per heavy atom. The molecule has 0 spiro atoms. The van der Waals surface area contributed by atoms with Gasteiger partial charge in [0.15, 0.2) is 5.82 Å². The van der Waals surface area contributed by atoms with Crippen LogP contribution in [0, 0.1) is 18.8 Å². The van der Waals surface area contributed by atoms with E-state index in [2.05, 4.69) is 15.5 Å². The molecule has 6 nitrogen and oxygen atoms in total. The monoisotopic (exact) mass is 332 g/mol. The molecule has 9 heteroatoms. The number of carbonyl (C=O) groups is 1. The van der Waals surface area contributed by atoms with Crippen molar-refractivity contribution in [2.24, 2.45) is 11.8 Å². The molecule has 3 rings (SSSR count). The lowest BCUT2D eigenvalue weighted by Gasteiger charge is -2.40. The molecule has 0 radical (unpaired) electrons. The maximum atomic E-state index is 13.2. The van der Waals surface area contributed by atoms with Crippen LogP contribution in [0.1, 0.15) is 31.0 Å². The minimum Gasteiger partial charge on any atom is -0.343 e. The Labute approximate surface area is 131 Å². The highest BCUT2D eigenvalue weighted by Gasteiger charge is 2.53. The van der Waals surface area contributed by atoms with Gasteiger partial charge in [0.25, 0.3) is 0 Å². The first-order valence-corrected chi connectivity index (χ1v) is 7.59. The Morgan fingerprint density at radius 3 is 2.57 bits per heavy atom. The number of halogens is 3. The Hall–Kier alpha value is -1.64. The van der Waals surface area contributed by atoms with Gasteiger partial charge in [-0.25, -0.2) is 0 Å². The smallest absolute Gasteiger partial charge is 0.343 e. The summed E-state index contributed by atoms with van der Waals surface area (Å²) in [5.41, 5.74) is -0.786. The second-order valence-electron chi connectivity index (χ2n) is 6.54. The Balaban J connectivity index is 1.77. The second-order valence-corrected chi connectivity index (χ2v) is 6.54. The summed E-state index contributed by atoms with van der Waals surface area (Å²) in [6.45, 7) is 1.57. The Morgan fingerprint density at radius 2 is 2.09 bits per heavy atom. The molecule has 1 saturated heterocycles. The van der Waals surface area contributed by atoms with Gasteiger partial charge in [0, 0.05) is 20.0 Å². The minimum absolute atomic E-state index is 0.0946. The zero-order chi connectivity index (χ0) is 16.8. The van der Waals surface area contributed by atoms with Crippen LogP contribution in [-0.4, -0.2) is 47.3 Å². The van der Waals surface area contributed by atoms with Gasteiger partial charge in [-0.05, 0) is 26.3 Å². The molecular formula is C14H19F3N4O2. The van der Waals surface area contributed by atoms with Gasteiger partial charge in [-0.1, -0.05) is 5.16 Å². The van der Waals surface area contributed by atoms with E-state index in [1.54, 1.807) is 14.0 Å². The lowest BCUT2D eigenvalue weighted by atomic mass is 9.75. The SMILES string of the molecule is Cc1nc(C2(NC(=O)[C@@H]3CN(C)C[C@H]3C(F)(F)F)CCC2)no1. The molecule has 0 bridgehead atoms. The van der Waals surface area contributed by atoms with E-state index in [-0.39, 0.29) is 13.1 Å². The molecule has 1 aliphatic heterocycles. The first-order valence-electron chi connectivity index (χ1n) is 7.59. The van der Waals surface area contributed by atoms with E-state index < -0.39 is 29.5 Å². The number of nitrogens with one attached hydrogen (secondary N) is 1. The first-order chi connectivity index (χ1) is 10.7. The lowest BCUT2D eigenvalue weighted by molar-refractivity contribution is -0.184. The molecule has 0 aromatic carbocycles. The van der Waals surface area contributed by atoms with Crippen LogP contribution in [0.15, 0.2) is 4.52 Å². The summed E-state index contributed by atoms with van der Waals surface area (Å²) in [6, 6.07) is 0. The molecule has 1 N–H and O–H groups in total. The largest absolute Gasteiger partial charge is 0.393 e. The van der Waals surface area contributed by atoms with Crippen LogP contribution >= 0.6 is 0 Å². The molecular weight excluding hydrogens is 313 g/mol. The highest BCUT2D eigenvalue weighted by Crippen LogP contribution is 2.42. The number of aromatic nitrogens is 2. The predicted molar refractivity (Wildman–Crippen MR) is 73.2 cm³/mol. The van der Waals surface area contributed by atoms with Crippen molar-refractivity contribution in [3.63, 3.8) is 0 Å². The molecule has 1 aliphatic carbocycles. The van der Waals surface area contributed by atoms with E-state index in [1.165, 1.54) is 4.90 Å². The summed E-state index contributed by atoms with van der Waals surface area (Å²) in [4.78, 5) is 18.2. The van der Waals surface area contributed by atoms with Crippen LogP contribution in [-0.2, 0) is 10.3 Å². The van der Waals surface area contributed by atoms with Gasteiger partial charge in [-0.2, -0.15) is 18.2 Å². The molecule has 1 aromatic heterocycles. The van der Waals surface area contributed by atoms with Crippen molar-refractivity contribution < 1.29 is 22.5 Å². The number of amides is 1. The standard InChI is InChI=1S/C14H19F3N4O2/c1-8-18-12(20-23-8)13(4-3-5-13)19-11(22)9-6-21(2)7-10(9)14(15,16)17/h9-10H,3-7H2,1-2H3,(H,19,22)/t9-,10-/m1/s1. The van der Waals surface area contributed by atoms with Crippen molar-refractivity contribution in [3.8, 4) is 0 Å². The lowest BCUT2D eigenvalue weighted by Crippen LogP contribution is -2.54. The van der Waals surface area contributed by atoms with Crippen molar-refractivity contribution in [1.29, 1.82) is 0 Å². The van der Waals surface area contributed by atoms with E-state index in [4.69, 9.17) is 4.52 Å². The maximum Gasteiger partial charge on any atom is 0.393 e. The number of nitrogens with zero attached hydrogens (tertiary/aromatic N) is 3. The number of carbonyl (C=O) groups excluding carboxylic acids is 1. The third kappa shape index (κ3) is 2.93. The molecule has 23 heavy (non-hydrogen) atoms. The van der Waals surface area contributed by atoms with Crippen LogP contribution in [0.2, 0.25) is 0 Å². The van der Waals surface area contributed by atoms with Crippen LogP contribution in [0.5, 0.6) is 0 Å². The second kappa shape index (κ2) is 5.47. The van der Waals surface area contributed by atoms with Crippen molar-refractivity contribution in [3.05, 3.63) is 11.7 Å². The predicted octanol–water partition coefficient (Wildman–Crippen LogP) is 1.61.